The minimum absolute atomic E-state index is 0.0283. The highest BCUT2D eigenvalue weighted by atomic mass is 32.1. The van der Waals surface area contributed by atoms with E-state index in [1.54, 1.807) is 11.2 Å². The highest BCUT2D eigenvalue weighted by Gasteiger charge is 2.32. The molecule has 4 heterocycles. The molecular weight excluding hydrogens is 436 g/mol. The van der Waals surface area contributed by atoms with Gasteiger partial charge in [-0.2, -0.15) is 0 Å². The minimum Gasteiger partial charge on any atom is -0.466 e. The molecule has 1 atom stereocenters. The van der Waals surface area contributed by atoms with Crippen LogP contribution in [-0.2, 0) is 22.5 Å². The maximum atomic E-state index is 13.5. The molecule has 1 amide bonds. The van der Waals surface area contributed by atoms with E-state index in [2.05, 4.69) is 39.1 Å². The van der Waals surface area contributed by atoms with Crippen LogP contribution in [0.25, 0.3) is 10.2 Å². The number of ether oxygens (including phenoxy) is 1. The third-order valence-electron chi connectivity index (χ3n) is 6.66. The Labute approximate surface area is 197 Å². The van der Waals surface area contributed by atoms with Gasteiger partial charge >= 0.3 is 5.97 Å². The molecule has 8 heteroatoms. The number of anilines is 1. The molecule has 3 aromatic rings. The highest BCUT2D eigenvalue weighted by molar-refractivity contribution is 7.20. The molecule has 2 aliphatic heterocycles. The summed E-state index contributed by atoms with van der Waals surface area (Å²) in [6, 6.07) is 8.53. The normalized spacial score (nSPS) is 18.3. The van der Waals surface area contributed by atoms with Gasteiger partial charge in [0.05, 0.1) is 22.8 Å². The third kappa shape index (κ3) is 4.08. The molecule has 1 aromatic carbocycles. The predicted molar refractivity (Wildman–Crippen MR) is 129 cm³/mol. The third-order valence-corrected chi connectivity index (χ3v) is 7.85. The Morgan fingerprint density at radius 3 is 2.82 bits per heavy atom. The summed E-state index contributed by atoms with van der Waals surface area (Å²) < 4.78 is 5.20. The number of nitrogens with zero attached hydrogens (tertiary/aromatic N) is 4. The molecule has 0 N–H and O–H groups in total. The lowest BCUT2D eigenvalue weighted by Crippen LogP contribution is -2.42. The van der Waals surface area contributed by atoms with Gasteiger partial charge in [-0.1, -0.05) is 24.3 Å². The van der Waals surface area contributed by atoms with Crippen LogP contribution in [0.4, 0.5) is 5.82 Å². The lowest BCUT2D eigenvalue weighted by atomic mass is 9.98. The van der Waals surface area contributed by atoms with Crippen LogP contribution in [0.15, 0.2) is 30.6 Å². The molecule has 0 unspecified atom stereocenters. The van der Waals surface area contributed by atoms with Gasteiger partial charge < -0.3 is 14.5 Å². The van der Waals surface area contributed by atoms with Gasteiger partial charge in [0, 0.05) is 26.2 Å². The number of benzene rings is 1. The van der Waals surface area contributed by atoms with Crippen molar-refractivity contribution in [2.24, 2.45) is 5.92 Å². The number of piperidine rings is 1. The second-order valence-electron chi connectivity index (χ2n) is 8.72. The van der Waals surface area contributed by atoms with Gasteiger partial charge in [-0.25, -0.2) is 9.97 Å². The van der Waals surface area contributed by atoms with E-state index in [9.17, 15) is 9.59 Å². The largest absolute Gasteiger partial charge is 0.466 e. The molecule has 0 spiro atoms. The van der Waals surface area contributed by atoms with Crippen LogP contribution in [0, 0.1) is 12.8 Å². The van der Waals surface area contributed by atoms with Crippen LogP contribution >= 0.6 is 11.3 Å². The molecular formula is C25H28N4O3S. The first-order valence-corrected chi connectivity index (χ1v) is 12.4. The van der Waals surface area contributed by atoms with Gasteiger partial charge in [-0.15, -0.1) is 11.3 Å². The number of thiophene rings is 1. The summed E-state index contributed by atoms with van der Waals surface area (Å²) in [4.78, 5) is 40.5. The predicted octanol–water partition coefficient (Wildman–Crippen LogP) is 3.98. The zero-order valence-electron chi connectivity index (χ0n) is 19.0. The number of hydrogen-bond donors (Lipinski definition) is 0. The van der Waals surface area contributed by atoms with E-state index < -0.39 is 0 Å². The Morgan fingerprint density at radius 2 is 2.00 bits per heavy atom. The van der Waals surface area contributed by atoms with Crippen molar-refractivity contribution in [3.05, 3.63) is 52.2 Å². The molecule has 33 heavy (non-hydrogen) atoms. The average molecular weight is 465 g/mol. The fraction of sp³-hybridized carbons (Fsp3) is 0.440. The van der Waals surface area contributed by atoms with Gasteiger partial charge in [0.2, 0.25) is 0 Å². The molecule has 5 rings (SSSR count). The van der Waals surface area contributed by atoms with Crippen LogP contribution in [0.2, 0.25) is 0 Å². The Kier molecular flexibility index (Phi) is 6.01. The lowest BCUT2D eigenvalue weighted by Gasteiger charge is -2.31. The Hall–Kier alpha value is -3.00. The summed E-state index contributed by atoms with van der Waals surface area (Å²) in [6.07, 6.45) is 4.14. The standard InChI is InChI=1S/C25H28N4O3S/c1-3-32-25(31)19-9-6-11-29(14-19)24(30)21-16(2)20-22(26-15-27-23(20)33-21)28-12-10-17-7-4-5-8-18(17)13-28/h4-5,7-8,15,19H,3,6,9-14H2,1-2H3/t19-/m1/s1. The number of amides is 1. The Morgan fingerprint density at radius 1 is 1.18 bits per heavy atom. The van der Waals surface area contributed by atoms with E-state index >= 15 is 0 Å². The van der Waals surface area contributed by atoms with Crippen LogP contribution in [0.3, 0.4) is 0 Å². The Bertz CT molecular complexity index is 1210. The maximum Gasteiger partial charge on any atom is 0.310 e. The maximum absolute atomic E-state index is 13.5. The van der Waals surface area contributed by atoms with Crippen LogP contribution < -0.4 is 4.90 Å². The molecule has 0 saturated carbocycles. The molecule has 0 bridgehead atoms. The highest BCUT2D eigenvalue weighted by Crippen LogP contribution is 2.37. The minimum atomic E-state index is -0.249. The van der Waals surface area contributed by atoms with E-state index in [-0.39, 0.29) is 17.8 Å². The number of likely N-dealkylation sites (tertiary alicyclic amines) is 1. The van der Waals surface area contributed by atoms with Gasteiger partial charge in [-0.05, 0) is 49.8 Å². The second kappa shape index (κ2) is 9.09. The van der Waals surface area contributed by atoms with Crippen molar-refractivity contribution in [1.29, 1.82) is 0 Å². The van der Waals surface area contributed by atoms with Gasteiger partial charge in [0.15, 0.2) is 0 Å². The number of carbonyl (C=O) groups is 2. The summed E-state index contributed by atoms with van der Waals surface area (Å²) in [7, 11) is 0. The Balaban J connectivity index is 1.43. The molecule has 2 aromatic heterocycles. The van der Waals surface area contributed by atoms with Crippen molar-refractivity contribution in [3.8, 4) is 0 Å². The molecule has 0 aliphatic carbocycles. The summed E-state index contributed by atoms with van der Waals surface area (Å²) in [5.74, 6) is 0.410. The number of rotatable bonds is 4. The van der Waals surface area contributed by atoms with Gasteiger partial charge in [0.25, 0.3) is 5.91 Å². The number of aromatic nitrogens is 2. The molecule has 2 aliphatic rings. The monoisotopic (exact) mass is 464 g/mol. The van der Waals surface area contributed by atoms with Crippen LogP contribution in [-0.4, -0.2) is 53.0 Å². The summed E-state index contributed by atoms with van der Waals surface area (Å²) in [5, 5.41) is 0.962. The number of hydrogen-bond acceptors (Lipinski definition) is 7. The topological polar surface area (TPSA) is 75.6 Å². The van der Waals surface area contributed by atoms with E-state index in [0.717, 1.165) is 53.9 Å². The van der Waals surface area contributed by atoms with Crippen LogP contribution in [0.1, 0.15) is 46.1 Å². The van der Waals surface area contributed by atoms with E-state index in [0.29, 0.717) is 24.6 Å². The van der Waals surface area contributed by atoms with Crippen molar-refractivity contribution in [3.63, 3.8) is 0 Å². The van der Waals surface area contributed by atoms with Crippen LogP contribution in [0.5, 0.6) is 0 Å². The summed E-state index contributed by atoms with van der Waals surface area (Å²) in [6.45, 7) is 6.91. The fourth-order valence-corrected chi connectivity index (χ4v) is 6.04. The number of esters is 1. The second-order valence-corrected chi connectivity index (χ2v) is 9.72. The van der Waals surface area contributed by atoms with E-state index in [1.807, 2.05) is 13.8 Å². The van der Waals surface area contributed by atoms with Crippen molar-refractivity contribution in [2.75, 3.05) is 31.1 Å². The molecule has 7 nitrogen and oxygen atoms in total. The molecule has 1 fully saturated rings. The van der Waals surface area contributed by atoms with Crippen molar-refractivity contribution < 1.29 is 14.3 Å². The summed E-state index contributed by atoms with van der Waals surface area (Å²) >= 11 is 1.42. The first-order chi connectivity index (χ1) is 16.1. The van der Waals surface area contributed by atoms with Gasteiger partial charge in [-0.3, -0.25) is 9.59 Å². The first kappa shape index (κ1) is 21.8. The smallest absolute Gasteiger partial charge is 0.310 e. The zero-order valence-corrected chi connectivity index (χ0v) is 19.9. The molecule has 172 valence electrons. The lowest BCUT2D eigenvalue weighted by molar-refractivity contribution is -0.149. The fourth-order valence-electron chi connectivity index (χ4n) is 4.93. The SMILES string of the molecule is CCOC(=O)[C@@H]1CCCN(C(=O)c2sc3ncnc(N4CCc5ccccc5C4)c3c2C)C1. The zero-order chi connectivity index (χ0) is 22.9. The first-order valence-electron chi connectivity index (χ1n) is 11.6. The molecule has 1 saturated heterocycles. The number of carbonyl (C=O) groups excluding carboxylic acids is 2. The van der Waals surface area contributed by atoms with Crippen molar-refractivity contribution in [1.82, 2.24) is 14.9 Å². The van der Waals surface area contributed by atoms with E-state index in [4.69, 9.17) is 4.74 Å². The quantitative estimate of drug-likeness (QED) is 0.544. The summed E-state index contributed by atoms with van der Waals surface area (Å²) in [5.41, 5.74) is 3.63. The van der Waals surface area contributed by atoms with Crippen molar-refractivity contribution >= 4 is 39.2 Å². The number of fused-ring (bicyclic) bond motifs is 2. The average Bonchev–Trinajstić information content (AvgIpc) is 3.20. The van der Waals surface area contributed by atoms with E-state index in [1.165, 1.54) is 22.5 Å². The number of aryl methyl sites for hydroxylation is 1. The van der Waals surface area contributed by atoms with Gasteiger partial charge in [0.1, 0.15) is 17.0 Å². The molecule has 0 radical (unpaired) electrons. The van der Waals surface area contributed by atoms with Crippen molar-refractivity contribution in [2.45, 2.75) is 39.7 Å².